The summed E-state index contributed by atoms with van der Waals surface area (Å²) < 4.78 is 5.99. The van der Waals surface area contributed by atoms with Crippen LogP contribution in [0.5, 0.6) is 0 Å². The summed E-state index contributed by atoms with van der Waals surface area (Å²) >= 11 is 5.47. The van der Waals surface area contributed by atoms with Gasteiger partial charge in [-0.15, -0.1) is 0 Å². The van der Waals surface area contributed by atoms with Crippen LogP contribution in [-0.4, -0.2) is 19.7 Å². The van der Waals surface area contributed by atoms with E-state index in [0.29, 0.717) is 6.10 Å². The van der Waals surface area contributed by atoms with Gasteiger partial charge in [0.05, 0.1) is 0 Å². The van der Waals surface area contributed by atoms with E-state index in [-0.39, 0.29) is 11.2 Å². The summed E-state index contributed by atoms with van der Waals surface area (Å²) in [7, 11) is -1.41. The van der Waals surface area contributed by atoms with Gasteiger partial charge in [-0.1, -0.05) is 0 Å². The predicted octanol–water partition coefficient (Wildman–Crippen LogP) is 3.16. The highest BCUT2D eigenvalue weighted by Gasteiger charge is 2.28. The lowest BCUT2D eigenvalue weighted by molar-refractivity contribution is -0.116. The van der Waals surface area contributed by atoms with Crippen LogP contribution in [0.15, 0.2) is 0 Å². The second kappa shape index (κ2) is 4.77. The number of carbonyl (C=O) groups excluding carboxylic acids is 1. The molecule has 0 amide bonds. The zero-order valence-electron chi connectivity index (χ0n) is 9.18. The van der Waals surface area contributed by atoms with E-state index < -0.39 is 8.32 Å². The van der Waals surface area contributed by atoms with E-state index in [1.165, 1.54) is 0 Å². The summed E-state index contributed by atoms with van der Waals surface area (Å²) in [6.07, 6.45) is 4.16. The minimum Gasteiger partial charge on any atom is -0.415 e. The average Bonchev–Trinajstić information content (AvgIpc) is 2.02. The molecule has 0 radical (unpaired) electrons. The highest BCUT2D eigenvalue weighted by Crippen LogP contribution is 2.29. The summed E-state index contributed by atoms with van der Waals surface area (Å²) in [6.45, 7) is 6.60. The van der Waals surface area contributed by atoms with E-state index in [2.05, 4.69) is 19.6 Å². The number of hydrogen-bond acceptors (Lipinski definition) is 2. The van der Waals surface area contributed by atoms with Crippen molar-refractivity contribution in [1.29, 1.82) is 0 Å². The average molecular weight is 235 g/mol. The number of halogens is 1. The molecule has 0 atom stereocenters. The van der Waals surface area contributed by atoms with Crippen molar-refractivity contribution >= 4 is 25.2 Å². The van der Waals surface area contributed by atoms with Crippen LogP contribution in [0.3, 0.4) is 0 Å². The van der Waals surface area contributed by atoms with Gasteiger partial charge in [0.25, 0.3) is 0 Å². The second-order valence-electron chi connectivity index (χ2n) is 5.01. The Kier molecular flexibility index (Phi) is 4.16. The molecule has 14 heavy (non-hydrogen) atoms. The minimum absolute atomic E-state index is 0.0816. The van der Waals surface area contributed by atoms with Crippen LogP contribution in [0.2, 0.25) is 19.6 Å². The van der Waals surface area contributed by atoms with Crippen LogP contribution in [-0.2, 0) is 9.22 Å². The molecule has 1 fully saturated rings. The first-order valence-electron chi connectivity index (χ1n) is 5.25. The zero-order valence-corrected chi connectivity index (χ0v) is 10.9. The molecule has 1 saturated carbocycles. The maximum absolute atomic E-state index is 10.9. The normalized spacial score (nSPS) is 28.9. The van der Waals surface area contributed by atoms with Gasteiger partial charge >= 0.3 is 0 Å². The SMILES string of the molecule is C[Si](C)(C)OC1CCC(C(=O)Cl)CC1. The third kappa shape index (κ3) is 4.11. The Bertz CT molecular complexity index is 205. The lowest BCUT2D eigenvalue weighted by Crippen LogP contribution is -2.35. The summed E-state index contributed by atoms with van der Waals surface area (Å²) in [5.74, 6) is 0.0816. The van der Waals surface area contributed by atoms with Crippen LogP contribution in [0.4, 0.5) is 0 Å². The van der Waals surface area contributed by atoms with Crippen molar-refractivity contribution in [2.75, 3.05) is 0 Å². The third-order valence-corrected chi connectivity index (χ3v) is 3.86. The first-order valence-corrected chi connectivity index (χ1v) is 9.04. The van der Waals surface area contributed by atoms with Gasteiger partial charge in [0, 0.05) is 12.0 Å². The standard InChI is InChI=1S/C10H19ClO2Si/c1-14(2,3)13-9-6-4-8(5-7-9)10(11)12/h8-9H,4-7H2,1-3H3. The Morgan fingerprint density at radius 1 is 1.21 bits per heavy atom. The molecule has 82 valence electrons. The van der Waals surface area contributed by atoms with Gasteiger partial charge in [0.1, 0.15) is 0 Å². The maximum Gasteiger partial charge on any atom is 0.224 e. The molecule has 0 unspecified atom stereocenters. The lowest BCUT2D eigenvalue weighted by atomic mass is 9.88. The summed E-state index contributed by atoms with van der Waals surface area (Å²) in [5.41, 5.74) is 0. The van der Waals surface area contributed by atoms with E-state index in [0.717, 1.165) is 25.7 Å². The van der Waals surface area contributed by atoms with Crippen LogP contribution < -0.4 is 0 Å². The maximum atomic E-state index is 10.9. The highest BCUT2D eigenvalue weighted by molar-refractivity contribution is 6.69. The largest absolute Gasteiger partial charge is 0.415 e. The Morgan fingerprint density at radius 2 is 1.71 bits per heavy atom. The molecule has 1 rings (SSSR count). The highest BCUT2D eigenvalue weighted by atomic mass is 35.5. The number of hydrogen-bond donors (Lipinski definition) is 0. The molecule has 0 aromatic carbocycles. The van der Waals surface area contributed by atoms with Gasteiger partial charge in [-0.2, -0.15) is 0 Å². The van der Waals surface area contributed by atoms with Crippen LogP contribution >= 0.6 is 11.6 Å². The summed E-state index contributed by atoms with van der Waals surface area (Å²) in [6, 6.07) is 0. The Balaban J connectivity index is 2.33. The predicted molar refractivity (Wildman–Crippen MR) is 61.0 cm³/mol. The van der Waals surface area contributed by atoms with E-state index in [9.17, 15) is 4.79 Å². The smallest absolute Gasteiger partial charge is 0.224 e. The monoisotopic (exact) mass is 234 g/mol. The molecule has 4 heteroatoms. The Labute approximate surface area is 92.1 Å². The van der Waals surface area contributed by atoms with E-state index in [1.54, 1.807) is 0 Å². The molecular formula is C10H19ClO2Si. The van der Waals surface area contributed by atoms with E-state index in [4.69, 9.17) is 16.0 Å². The van der Waals surface area contributed by atoms with Gasteiger partial charge in [-0.05, 0) is 56.9 Å². The van der Waals surface area contributed by atoms with E-state index in [1.807, 2.05) is 0 Å². The number of carbonyl (C=O) groups is 1. The first kappa shape index (κ1) is 12.2. The fraction of sp³-hybridized carbons (Fsp3) is 0.900. The van der Waals surface area contributed by atoms with Crippen molar-refractivity contribution in [3.63, 3.8) is 0 Å². The van der Waals surface area contributed by atoms with Crippen LogP contribution in [0, 0.1) is 5.92 Å². The molecule has 0 aromatic heterocycles. The van der Waals surface area contributed by atoms with Crippen molar-refractivity contribution in [1.82, 2.24) is 0 Å². The molecule has 0 N–H and O–H groups in total. The Morgan fingerprint density at radius 3 is 2.07 bits per heavy atom. The molecule has 0 aromatic rings. The molecule has 0 saturated heterocycles. The van der Waals surface area contributed by atoms with Crippen LogP contribution in [0.1, 0.15) is 25.7 Å². The molecule has 1 aliphatic carbocycles. The van der Waals surface area contributed by atoms with E-state index >= 15 is 0 Å². The molecule has 0 bridgehead atoms. The fourth-order valence-electron chi connectivity index (χ4n) is 1.91. The lowest BCUT2D eigenvalue weighted by Gasteiger charge is -2.31. The van der Waals surface area contributed by atoms with Gasteiger partial charge in [0.2, 0.25) is 5.24 Å². The third-order valence-electron chi connectivity index (χ3n) is 2.52. The Hall–Kier alpha value is 0.137. The van der Waals surface area contributed by atoms with Crippen molar-refractivity contribution in [2.24, 2.45) is 5.92 Å². The number of rotatable bonds is 3. The van der Waals surface area contributed by atoms with Crippen molar-refractivity contribution in [2.45, 2.75) is 51.4 Å². The quantitative estimate of drug-likeness (QED) is 0.554. The van der Waals surface area contributed by atoms with Gasteiger partial charge in [-0.3, -0.25) is 4.79 Å². The van der Waals surface area contributed by atoms with Crippen LogP contribution in [0.25, 0.3) is 0 Å². The molecular weight excluding hydrogens is 216 g/mol. The summed E-state index contributed by atoms with van der Waals surface area (Å²) in [5, 5.41) is -0.170. The fourth-order valence-corrected chi connectivity index (χ4v) is 3.36. The molecule has 0 spiro atoms. The molecule has 0 aliphatic heterocycles. The van der Waals surface area contributed by atoms with Gasteiger partial charge in [-0.25, -0.2) is 0 Å². The molecule has 1 aliphatic rings. The second-order valence-corrected chi connectivity index (χ2v) is 9.84. The minimum atomic E-state index is -1.41. The zero-order chi connectivity index (χ0) is 10.8. The topological polar surface area (TPSA) is 26.3 Å². The molecule has 2 nitrogen and oxygen atoms in total. The van der Waals surface area contributed by atoms with Crippen molar-refractivity contribution in [3.05, 3.63) is 0 Å². The van der Waals surface area contributed by atoms with Crippen molar-refractivity contribution < 1.29 is 9.22 Å². The van der Waals surface area contributed by atoms with Crippen molar-refractivity contribution in [3.8, 4) is 0 Å². The van der Waals surface area contributed by atoms with Gasteiger partial charge < -0.3 is 4.43 Å². The summed E-state index contributed by atoms with van der Waals surface area (Å²) in [4.78, 5) is 10.9. The first-order chi connectivity index (χ1) is 6.38. The molecule has 0 heterocycles. The van der Waals surface area contributed by atoms with Gasteiger partial charge in [0.15, 0.2) is 8.32 Å².